The van der Waals surface area contributed by atoms with Gasteiger partial charge in [0.25, 0.3) is 10.0 Å². The van der Waals surface area contributed by atoms with E-state index in [4.69, 9.17) is 9.47 Å². The number of carbonyl (C=O) groups is 2. The van der Waals surface area contributed by atoms with Gasteiger partial charge in [0.1, 0.15) is 29.9 Å². The summed E-state index contributed by atoms with van der Waals surface area (Å²) in [6.45, 7) is 1.05. The zero-order valence-electron chi connectivity index (χ0n) is 24.7. The van der Waals surface area contributed by atoms with Gasteiger partial charge in [0.2, 0.25) is 11.8 Å². The summed E-state index contributed by atoms with van der Waals surface area (Å²) in [6.07, 6.45) is 4.94. The molecule has 4 rings (SSSR count). The number of benzene rings is 3. The number of halogens is 1. The van der Waals surface area contributed by atoms with Gasteiger partial charge in [-0.3, -0.25) is 13.9 Å². The average molecular weight is 612 g/mol. The Morgan fingerprint density at radius 3 is 2.21 bits per heavy atom. The highest BCUT2D eigenvalue weighted by Gasteiger charge is 2.33. The van der Waals surface area contributed by atoms with Crippen molar-refractivity contribution in [1.29, 1.82) is 0 Å². The van der Waals surface area contributed by atoms with Gasteiger partial charge in [-0.05, 0) is 86.0 Å². The fourth-order valence-corrected chi connectivity index (χ4v) is 6.54. The average Bonchev–Trinajstić information content (AvgIpc) is 3.03. The quantitative estimate of drug-likeness (QED) is 0.312. The fourth-order valence-electron chi connectivity index (χ4n) is 5.13. The van der Waals surface area contributed by atoms with E-state index in [1.807, 2.05) is 0 Å². The van der Waals surface area contributed by atoms with Gasteiger partial charge in [-0.2, -0.15) is 0 Å². The number of carbonyl (C=O) groups excluding carboxylic acids is 2. The van der Waals surface area contributed by atoms with Crippen LogP contribution in [0.4, 0.5) is 10.1 Å². The molecule has 0 unspecified atom stereocenters. The maximum atomic E-state index is 14.1. The van der Waals surface area contributed by atoms with Gasteiger partial charge in [0.05, 0.1) is 24.8 Å². The Labute approximate surface area is 252 Å². The molecule has 0 aromatic heterocycles. The van der Waals surface area contributed by atoms with Gasteiger partial charge in [-0.1, -0.05) is 31.4 Å². The van der Waals surface area contributed by atoms with E-state index in [1.54, 1.807) is 31.2 Å². The maximum absolute atomic E-state index is 14.1. The van der Waals surface area contributed by atoms with Crippen molar-refractivity contribution in [1.82, 2.24) is 10.2 Å². The molecular weight excluding hydrogens is 573 g/mol. The predicted molar refractivity (Wildman–Crippen MR) is 162 cm³/mol. The third kappa shape index (κ3) is 8.04. The molecule has 1 saturated carbocycles. The van der Waals surface area contributed by atoms with E-state index in [2.05, 4.69) is 5.32 Å². The molecule has 1 N–H and O–H groups in total. The van der Waals surface area contributed by atoms with Crippen LogP contribution in [0.1, 0.15) is 44.6 Å². The molecule has 3 aromatic carbocycles. The van der Waals surface area contributed by atoms with Crippen LogP contribution >= 0.6 is 0 Å². The summed E-state index contributed by atoms with van der Waals surface area (Å²) in [5.41, 5.74) is 0.808. The van der Waals surface area contributed by atoms with Crippen LogP contribution in [0.3, 0.4) is 0 Å². The molecule has 0 saturated heterocycles. The molecule has 0 radical (unpaired) electrons. The molecule has 1 atom stereocenters. The molecule has 2 amide bonds. The van der Waals surface area contributed by atoms with E-state index in [0.717, 1.165) is 48.5 Å². The molecule has 0 heterocycles. The standard InChI is InChI=1S/C32H38FN3O6S/c1-23(32(38)34-26-9-5-4-6-10-26)35(21-24-8-7-11-29(20-24)42-3)31(37)22-36(27-14-12-25(33)13-15-27)43(39,40)30-18-16-28(41-2)17-19-30/h7-8,11-20,23,26H,4-6,9-10,21-22H2,1-3H3,(H,34,38)/t23-/m0/s1. The molecule has 43 heavy (non-hydrogen) atoms. The molecule has 11 heteroatoms. The summed E-state index contributed by atoms with van der Waals surface area (Å²) < 4.78 is 53.1. The number of ether oxygens (including phenoxy) is 2. The molecule has 230 valence electrons. The topological polar surface area (TPSA) is 105 Å². The molecule has 9 nitrogen and oxygen atoms in total. The van der Waals surface area contributed by atoms with E-state index in [1.165, 1.54) is 55.5 Å². The van der Waals surface area contributed by atoms with Crippen LogP contribution in [-0.4, -0.2) is 58.0 Å². The SMILES string of the molecule is COc1ccc(S(=O)(=O)N(CC(=O)N(Cc2cccc(OC)c2)[C@@H](C)C(=O)NC2CCCCC2)c2ccc(F)cc2)cc1. The minimum absolute atomic E-state index is 0.0311. The monoisotopic (exact) mass is 611 g/mol. The Bertz CT molecular complexity index is 1490. The first-order valence-corrected chi connectivity index (χ1v) is 15.7. The van der Waals surface area contributed by atoms with Crippen LogP contribution in [0.5, 0.6) is 11.5 Å². The van der Waals surface area contributed by atoms with E-state index in [0.29, 0.717) is 17.1 Å². The normalized spacial score (nSPS) is 14.4. The van der Waals surface area contributed by atoms with Crippen LogP contribution in [0.25, 0.3) is 0 Å². The first-order chi connectivity index (χ1) is 20.6. The number of nitrogens with zero attached hydrogens (tertiary/aromatic N) is 2. The lowest BCUT2D eigenvalue weighted by atomic mass is 9.95. The molecule has 0 bridgehead atoms. The summed E-state index contributed by atoms with van der Waals surface area (Å²) in [7, 11) is -1.28. The largest absolute Gasteiger partial charge is 0.497 e. The zero-order valence-corrected chi connectivity index (χ0v) is 25.5. The molecule has 1 fully saturated rings. The van der Waals surface area contributed by atoms with Gasteiger partial charge in [0, 0.05) is 12.6 Å². The van der Waals surface area contributed by atoms with Crippen LogP contribution in [0, 0.1) is 5.82 Å². The number of methoxy groups -OCH3 is 2. The van der Waals surface area contributed by atoms with Crippen LogP contribution in [-0.2, 0) is 26.2 Å². The van der Waals surface area contributed by atoms with Crippen molar-refractivity contribution in [2.75, 3.05) is 25.1 Å². The van der Waals surface area contributed by atoms with Crippen molar-refractivity contribution < 1.29 is 31.9 Å². The van der Waals surface area contributed by atoms with E-state index in [9.17, 15) is 22.4 Å². The summed E-state index contributed by atoms with van der Waals surface area (Å²) in [6, 6.07) is 16.9. The first kappa shape index (κ1) is 31.8. The van der Waals surface area contributed by atoms with E-state index in [-0.39, 0.29) is 29.1 Å². The van der Waals surface area contributed by atoms with Gasteiger partial charge in [0.15, 0.2) is 0 Å². The second-order valence-corrected chi connectivity index (χ2v) is 12.4. The van der Waals surface area contributed by atoms with Crippen LogP contribution in [0.15, 0.2) is 77.7 Å². The van der Waals surface area contributed by atoms with Crippen LogP contribution in [0.2, 0.25) is 0 Å². The Morgan fingerprint density at radius 1 is 0.930 bits per heavy atom. The van der Waals surface area contributed by atoms with Crippen molar-refractivity contribution in [2.45, 2.75) is 62.6 Å². The number of hydrogen-bond acceptors (Lipinski definition) is 6. The molecule has 1 aliphatic rings. The van der Waals surface area contributed by atoms with Crippen molar-refractivity contribution in [3.63, 3.8) is 0 Å². The van der Waals surface area contributed by atoms with Crippen molar-refractivity contribution >= 4 is 27.5 Å². The Hall–Kier alpha value is -4.12. The highest BCUT2D eigenvalue weighted by atomic mass is 32.2. The number of rotatable bonds is 12. The lowest BCUT2D eigenvalue weighted by Crippen LogP contribution is -2.53. The van der Waals surface area contributed by atoms with Crippen molar-refractivity contribution in [2.24, 2.45) is 0 Å². The van der Waals surface area contributed by atoms with Crippen LogP contribution < -0.4 is 19.1 Å². The fraction of sp³-hybridized carbons (Fsp3) is 0.375. The first-order valence-electron chi connectivity index (χ1n) is 14.3. The molecule has 3 aromatic rings. The van der Waals surface area contributed by atoms with Crippen molar-refractivity contribution in [3.05, 3.63) is 84.2 Å². The lowest BCUT2D eigenvalue weighted by Gasteiger charge is -2.33. The second kappa shape index (κ2) is 14.4. The molecule has 0 aliphatic heterocycles. The predicted octanol–water partition coefficient (Wildman–Crippen LogP) is 4.90. The number of amides is 2. The van der Waals surface area contributed by atoms with E-state index >= 15 is 0 Å². The summed E-state index contributed by atoms with van der Waals surface area (Å²) >= 11 is 0. The van der Waals surface area contributed by atoms with Gasteiger partial charge in [-0.15, -0.1) is 0 Å². The Morgan fingerprint density at radius 2 is 1.58 bits per heavy atom. The minimum Gasteiger partial charge on any atom is -0.497 e. The Kier molecular flexibility index (Phi) is 10.6. The number of sulfonamides is 1. The number of anilines is 1. The third-order valence-electron chi connectivity index (χ3n) is 7.65. The smallest absolute Gasteiger partial charge is 0.264 e. The zero-order chi connectivity index (χ0) is 31.0. The maximum Gasteiger partial charge on any atom is 0.264 e. The van der Waals surface area contributed by atoms with Gasteiger partial charge >= 0.3 is 0 Å². The van der Waals surface area contributed by atoms with E-state index < -0.39 is 34.3 Å². The minimum atomic E-state index is -4.29. The molecule has 0 spiro atoms. The number of nitrogens with one attached hydrogen (secondary N) is 1. The van der Waals surface area contributed by atoms with Crippen molar-refractivity contribution in [3.8, 4) is 11.5 Å². The molecular formula is C32H38FN3O6S. The Balaban J connectivity index is 1.68. The number of hydrogen-bond donors (Lipinski definition) is 1. The third-order valence-corrected chi connectivity index (χ3v) is 9.43. The van der Waals surface area contributed by atoms with Gasteiger partial charge in [-0.25, -0.2) is 12.8 Å². The highest BCUT2D eigenvalue weighted by Crippen LogP contribution is 2.27. The summed E-state index contributed by atoms with van der Waals surface area (Å²) in [5.74, 6) is -0.417. The lowest BCUT2D eigenvalue weighted by molar-refractivity contribution is -0.139. The summed E-state index contributed by atoms with van der Waals surface area (Å²) in [5, 5.41) is 3.08. The molecule has 1 aliphatic carbocycles. The highest BCUT2D eigenvalue weighted by molar-refractivity contribution is 7.92. The second-order valence-electron chi connectivity index (χ2n) is 10.6. The summed E-state index contributed by atoms with van der Waals surface area (Å²) in [4.78, 5) is 28.8. The van der Waals surface area contributed by atoms with Gasteiger partial charge < -0.3 is 19.7 Å².